The van der Waals surface area contributed by atoms with Crippen molar-refractivity contribution in [2.75, 3.05) is 19.8 Å². The zero-order chi connectivity index (χ0) is 34.1. The van der Waals surface area contributed by atoms with Gasteiger partial charge in [-0.2, -0.15) is 0 Å². The van der Waals surface area contributed by atoms with Crippen LogP contribution in [0.15, 0.2) is 0 Å². The molecule has 1 saturated heterocycles. The van der Waals surface area contributed by atoms with E-state index < -0.39 is 46.2 Å². The molecule has 268 valence electrons. The van der Waals surface area contributed by atoms with Gasteiger partial charge in [0, 0.05) is 30.3 Å². The van der Waals surface area contributed by atoms with Crippen LogP contribution in [-0.4, -0.2) is 78.0 Å². The molecule has 10 saturated carbocycles. The fraction of sp³-hybridized carbons (Fsp3) is 0.889. The highest BCUT2D eigenvalue weighted by Crippen LogP contribution is 2.87. The highest BCUT2D eigenvalue weighted by atomic mass is 16.8. The first kappa shape index (κ1) is 31.6. The summed E-state index contributed by atoms with van der Waals surface area (Å²) in [6, 6.07) is 0. The Hall–Kier alpha value is -2.16. The summed E-state index contributed by atoms with van der Waals surface area (Å²) in [7, 11) is 0. The minimum Gasteiger partial charge on any atom is -0.462 e. The van der Waals surface area contributed by atoms with E-state index in [1.54, 1.807) is 0 Å². The summed E-state index contributed by atoms with van der Waals surface area (Å²) in [5, 5.41) is 10.0. The Morgan fingerprint density at radius 2 is 1.61 bits per heavy atom. The standard InChI is InChI=1S/C36H49N3O10/c1-2-30(7-20-8-32(20,14-30)16-40)27(42)45-12-22-23(13-46-28(43)31-5-17-3-18(6-31)26(41)21(17)10-31)48-35(47-22)24-4-19-9-33(49-29(44)36(37,38)39)11-25(35)34(19,24)15-33/h17-25,40H,2-16,37-39H2,1H3/t17?,18?,19?,20?,21?,22?,23?,24?,25-,30?,31?,32?,33+,34?,35?/m1/s1. The molecular formula is C36H49N3O10. The van der Waals surface area contributed by atoms with Crippen molar-refractivity contribution in [2.24, 2.45) is 80.3 Å². The third-order valence-corrected chi connectivity index (χ3v) is 16.2. The van der Waals surface area contributed by atoms with E-state index in [2.05, 4.69) is 0 Å². The van der Waals surface area contributed by atoms with Gasteiger partial charge in [-0.15, -0.1) is 0 Å². The summed E-state index contributed by atoms with van der Waals surface area (Å²) >= 11 is 0. The maximum absolute atomic E-state index is 13.7. The van der Waals surface area contributed by atoms with Crippen molar-refractivity contribution in [3.8, 4) is 0 Å². The van der Waals surface area contributed by atoms with E-state index in [1.807, 2.05) is 6.92 Å². The molecule has 0 aromatic carbocycles. The molecule has 11 rings (SSSR count). The molecule has 11 aliphatic rings. The van der Waals surface area contributed by atoms with Crippen LogP contribution in [0.25, 0.3) is 0 Å². The second-order valence-corrected chi connectivity index (χ2v) is 18.5. The van der Waals surface area contributed by atoms with Crippen LogP contribution in [0, 0.1) is 63.1 Å². The first-order valence-electron chi connectivity index (χ1n) is 18.6. The zero-order valence-corrected chi connectivity index (χ0v) is 28.2. The van der Waals surface area contributed by atoms with E-state index in [0.717, 1.165) is 25.7 Å². The van der Waals surface area contributed by atoms with E-state index in [9.17, 15) is 24.3 Å². The molecule has 13 nitrogen and oxygen atoms in total. The van der Waals surface area contributed by atoms with Gasteiger partial charge in [0.1, 0.15) is 36.8 Å². The third-order valence-electron chi connectivity index (χ3n) is 16.2. The second-order valence-electron chi connectivity index (χ2n) is 18.5. The first-order chi connectivity index (χ1) is 23.2. The summed E-state index contributed by atoms with van der Waals surface area (Å²) in [6.07, 6.45) is 7.08. The van der Waals surface area contributed by atoms with Crippen LogP contribution in [0.1, 0.15) is 84.0 Å². The quantitative estimate of drug-likeness (QED) is 0.144. The fourth-order valence-electron chi connectivity index (χ4n) is 14.1. The van der Waals surface area contributed by atoms with Gasteiger partial charge in [0.25, 0.3) is 0 Å². The molecule has 49 heavy (non-hydrogen) atoms. The molecule has 13 unspecified atom stereocenters. The van der Waals surface area contributed by atoms with Crippen molar-refractivity contribution >= 4 is 23.7 Å². The molecule has 0 aromatic rings. The number of aliphatic hydroxyl groups is 1. The largest absolute Gasteiger partial charge is 0.462 e. The molecule has 1 heterocycles. The average Bonchev–Trinajstić information content (AvgIpc) is 3.55. The summed E-state index contributed by atoms with van der Waals surface area (Å²) in [4.78, 5) is 52.9. The number of hydrogen-bond acceptors (Lipinski definition) is 13. The van der Waals surface area contributed by atoms with Crippen molar-refractivity contribution < 1.29 is 48.0 Å². The number of ether oxygens (including phenoxy) is 5. The number of esters is 3. The van der Waals surface area contributed by atoms with Crippen LogP contribution in [-0.2, 0) is 42.9 Å². The predicted octanol–water partition coefficient (Wildman–Crippen LogP) is 1.01. The van der Waals surface area contributed by atoms with Gasteiger partial charge in [0.15, 0.2) is 5.79 Å². The Morgan fingerprint density at radius 3 is 2.24 bits per heavy atom. The summed E-state index contributed by atoms with van der Waals surface area (Å²) in [5.74, 6) is -3.21. The van der Waals surface area contributed by atoms with Gasteiger partial charge < -0.3 is 28.8 Å². The van der Waals surface area contributed by atoms with E-state index >= 15 is 0 Å². The number of fused-ring (bicyclic) bond motifs is 4. The summed E-state index contributed by atoms with van der Waals surface area (Å²) < 4.78 is 31.8. The first-order valence-corrected chi connectivity index (χ1v) is 18.6. The fourth-order valence-corrected chi connectivity index (χ4v) is 14.1. The Morgan fingerprint density at radius 1 is 0.878 bits per heavy atom. The van der Waals surface area contributed by atoms with E-state index in [1.165, 1.54) is 0 Å². The van der Waals surface area contributed by atoms with Crippen LogP contribution in [0.4, 0.5) is 0 Å². The number of ketones is 1. The molecule has 0 aromatic heterocycles. The summed E-state index contributed by atoms with van der Waals surface area (Å²) in [5.41, 5.74) is 14.8. The number of aliphatic hydroxyl groups excluding tert-OH is 1. The van der Waals surface area contributed by atoms with Crippen molar-refractivity contribution in [3.05, 3.63) is 0 Å². The molecule has 13 heteroatoms. The normalized spacial score (nSPS) is 54.5. The maximum Gasteiger partial charge on any atom is 0.357 e. The lowest BCUT2D eigenvalue weighted by atomic mass is 9.35. The highest BCUT2D eigenvalue weighted by molar-refractivity contribution is 5.91. The van der Waals surface area contributed by atoms with Crippen molar-refractivity contribution in [1.82, 2.24) is 0 Å². The van der Waals surface area contributed by atoms with Crippen LogP contribution >= 0.6 is 0 Å². The van der Waals surface area contributed by atoms with E-state index in [0.29, 0.717) is 69.0 Å². The smallest absolute Gasteiger partial charge is 0.357 e. The topological polar surface area (TPSA) is 213 Å². The van der Waals surface area contributed by atoms with Crippen molar-refractivity contribution in [2.45, 2.75) is 113 Å². The SMILES string of the molecule is CCC1(C(=O)OCC2OC3(OC2COC(=O)C24CC5CC(C2)C(C4)C5=O)C2CC4C[C@]5(OC(=O)C(N)(N)N)C[C@@H]3C42C5)CC2CC2(CO)C1. The minimum absolute atomic E-state index is 0.0230. The van der Waals surface area contributed by atoms with E-state index in [4.69, 9.17) is 40.9 Å². The second kappa shape index (κ2) is 9.43. The van der Waals surface area contributed by atoms with Crippen LogP contribution < -0.4 is 17.2 Å². The third kappa shape index (κ3) is 3.82. The lowest BCUT2D eigenvalue weighted by Crippen LogP contribution is -2.77. The van der Waals surface area contributed by atoms with Gasteiger partial charge in [-0.05, 0) is 106 Å². The Bertz CT molecular complexity index is 1560. The Kier molecular flexibility index (Phi) is 6.08. The molecule has 15 atom stereocenters. The van der Waals surface area contributed by atoms with Gasteiger partial charge in [0.05, 0.1) is 10.8 Å². The number of Topliss-reactive ketones (excluding diaryl/α,β-unsaturated/α-hetero) is 1. The minimum atomic E-state index is -2.09. The van der Waals surface area contributed by atoms with Crippen LogP contribution in [0.5, 0.6) is 0 Å². The van der Waals surface area contributed by atoms with Gasteiger partial charge in [-0.1, -0.05) is 6.92 Å². The molecule has 10 aliphatic carbocycles. The predicted molar refractivity (Wildman–Crippen MR) is 166 cm³/mol. The molecule has 1 aliphatic heterocycles. The van der Waals surface area contributed by atoms with Gasteiger partial charge in [-0.3, -0.25) is 31.6 Å². The number of carbonyl (C=O) groups is 4. The zero-order valence-electron chi connectivity index (χ0n) is 28.2. The number of carbonyl (C=O) groups excluding carboxylic acids is 4. The van der Waals surface area contributed by atoms with Crippen LogP contribution in [0.2, 0.25) is 0 Å². The Labute approximate surface area is 284 Å². The van der Waals surface area contributed by atoms with Gasteiger partial charge >= 0.3 is 17.9 Å². The Balaban J connectivity index is 0.877. The van der Waals surface area contributed by atoms with Crippen molar-refractivity contribution in [1.29, 1.82) is 0 Å². The monoisotopic (exact) mass is 683 g/mol. The molecular weight excluding hydrogens is 634 g/mol. The van der Waals surface area contributed by atoms with E-state index in [-0.39, 0.29) is 72.2 Å². The average molecular weight is 684 g/mol. The number of nitrogens with two attached hydrogens (primary N) is 3. The molecule has 0 amide bonds. The molecule has 11 fully saturated rings. The molecule has 7 N–H and O–H groups in total. The molecule has 0 radical (unpaired) electrons. The van der Waals surface area contributed by atoms with Gasteiger partial charge in [-0.25, -0.2) is 4.79 Å². The maximum atomic E-state index is 13.7. The van der Waals surface area contributed by atoms with Crippen LogP contribution in [0.3, 0.4) is 0 Å². The number of hydrogen-bond donors (Lipinski definition) is 4. The highest BCUT2D eigenvalue weighted by Gasteiger charge is 2.90. The molecule has 6 bridgehead atoms. The summed E-state index contributed by atoms with van der Waals surface area (Å²) in [6.45, 7) is 2.01. The van der Waals surface area contributed by atoms with Crippen molar-refractivity contribution in [3.63, 3.8) is 0 Å². The lowest BCUT2D eigenvalue weighted by Gasteiger charge is -2.73. The number of rotatable bonds is 10. The lowest BCUT2D eigenvalue weighted by molar-refractivity contribution is -0.412. The van der Waals surface area contributed by atoms with Gasteiger partial charge in [0.2, 0.25) is 5.79 Å². The molecule has 2 spiro atoms.